The van der Waals surface area contributed by atoms with Crippen LogP contribution in [0.15, 0.2) is 42.5 Å². The van der Waals surface area contributed by atoms with Crippen molar-refractivity contribution in [2.45, 2.75) is 32.7 Å². The zero-order chi connectivity index (χ0) is 16.4. The second kappa shape index (κ2) is 6.41. The largest absolute Gasteiger partial charge is 0.374 e. The first-order valence-corrected chi connectivity index (χ1v) is 7.96. The minimum Gasteiger partial charge on any atom is -0.374 e. The molecule has 1 aliphatic rings. The van der Waals surface area contributed by atoms with Crippen molar-refractivity contribution in [3.05, 3.63) is 59.4 Å². The number of amides is 1. The lowest BCUT2D eigenvalue weighted by Gasteiger charge is -2.35. The molecule has 2 aromatic carbocycles. The van der Waals surface area contributed by atoms with Crippen LogP contribution in [-0.4, -0.2) is 18.5 Å². The Morgan fingerprint density at radius 2 is 2.09 bits per heavy atom. The standard InChI is InChI=1S/C19H21FN2O/c1-13-7-10-17(16(20)11-13)21-12-19(23)22-14(2)8-9-15-5-3-4-6-18(15)22/h3-7,10-11,14,21H,8-9,12H2,1-2H3. The third-order valence-electron chi connectivity index (χ3n) is 4.35. The first-order chi connectivity index (χ1) is 11.1. The normalized spacial score (nSPS) is 16.8. The lowest BCUT2D eigenvalue weighted by Crippen LogP contribution is -2.44. The van der Waals surface area contributed by atoms with Crippen LogP contribution in [0.5, 0.6) is 0 Å². The van der Waals surface area contributed by atoms with Gasteiger partial charge in [0, 0.05) is 11.7 Å². The molecule has 1 atom stereocenters. The van der Waals surface area contributed by atoms with Crippen LogP contribution in [0.4, 0.5) is 15.8 Å². The van der Waals surface area contributed by atoms with Gasteiger partial charge in [0.25, 0.3) is 0 Å². The monoisotopic (exact) mass is 312 g/mol. The van der Waals surface area contributed by atoms with Gasteiger partial charge < -0.3 is 10.2 Å². The molecule has 0 aliphatic carbocycles. The average Bonchev–Trinajstić information content (AvgIpc) is 2.53. The lowest BCUT2D eigenvalue weighted by atomic mass is 9.96. The van der Waals surface area contributed by atoms with Crippen molar-refractivity contribution >= 4 is 17.3 Å². The highest BCUT2D eigenvalue weighted by atomic mass is 19.1. The van der Waals surface area contributed by atoms with E-state index < -0.39 is 0 Å². The summed E-state index contributed by atoms with van der Waals surface area (Å²) < 4.78 is 13.9. The molecule has 0 radical (unpaired) electrons. The highest BCUT2D eigenvalue weighted by Gasteiger charge is 2.27. The Labute approximate surface area is 136 Å². The summed E-state index contributed by atoms with van der Waals surface area (Å²) in [5.41, 5.74) is 3.39. The number of benzene rings is 2. The molecule has 4 heteroatoms. The highest BCUT2D eigenvalue weighted by molar-refractivity contribution is 5.97. The molecule has 120 valence electrons. The van der Waals surface area contributed by atoms with Crippen LogP contribution >= 0.6 is 0 Å². The van der Waals surface area contributed by atoms with Gasteiger partial charge in [-0.05, 0) is 56.0 Å². The number of hydrogen-bond donors (Lipinski definition) is 1. The topological polar surface area (TPSA) is 32.3 Å². The van der Waals surface area contributed by atoms with Gasteiger partial charge >= 0.3 is 0 Å². The van der Waals surface area contributed by atoms with E-state index in [-0.39, 0.29) is 24.3 Å². The van der Waals surface area contributed by atoms with Gasteiger partial charge in [0.15, 0.2) is 0 Å². The summed E-state index contributed by atoms with van der Waals surface area (Å²) >= 11 is 0. The van der Waals surface area contributed by atoms with Crippen LogP contribution in [0.25, 0.3) is 0 Å². The second-order valence-electron chi connectivity index (χ2n) is 6.12. The Morgan fingerprint density at radius 1 is 1.30 bits per heavy atom. The fourth-order valence-electron chi connectivity index (χ4n) is 3.09. The first kappa shape index (κ1) is 15.5. The van der Waals surface area contributed by atoms with Gasteiger partial charge in [-0.1, -0.05) is 24.3 Å². The molecule has 0 fully saturated rings. The summed E-state index contributed by atoms with van der Waals surface area (Å²) in [5.74, 6) is -0.366. The summed E-state index contributed by atoms with van der Waals surface area (Å²) in [7, 11) is 0. The number of halogens is 1. The van der Waals surface area contributed by atoms with Crippen molar-refractivity contribution in [2.75, 3.05) is 16.8 Å². The molecule has 0 spiro atoms. The Balaban J connectivity index is 1.75. The number of fused-ring (bicyclic) bond motifs is 1. The number of anilines is 2. The number of carbonyl (C=O) groups excluding carboxylic acids is 1. The first-order valence-electron chi connectivity index (χ1n) is 7.96. The van der Waals surface area contributed by atoms with Crippen molar-refractivity contribution < 1.29 is 9.18 Å². The molecule has 0 aromatic heterocycles. The van der Waals surface area contributed by atoms with Crippen LogP contribution < -0.4 is 10.2 Å². The molecule has 0 bridgehead atoms. The zero-order valence-corrected chi connectivity index (χ0v) is 13.5. The smallest absolute Gasteiger partial charge is 0.246 e. The third kappa shape index (κ3) is 3.21. The molecule has 1 unspecified atom stereocenters. The van der Waals surface area contributed by atoms with E-state index in [2.05, 4.69) is 18.3 Å². The maximum absolute atomic E-state index is 13.9. The van der Waals surface area contributed by atoms with E-state index in [0.29, 0.717) is 5.69 Å². The SMILES string of the molecule is Cc1ccc(NCC(=O)N2c3ccccc3CCC2C)c(F)c1. The third-order valence-corrected chi connectivity index (χ3v) is 4.35. The van der Waals surface area contributed by atoms with E-state index in [0.717, 1.165) is 24.1 Å². The fraction of sp³-hybridized carbons (Fsp3) is 0.316. The number of nitrogens with one attached hydrogen (secondary N) is 1. The van der Waals surface area contributed by atoms with Gasteiger partial charge in [-0.3, -0.25) is 4.79 Å². The lowest BCUT2D eigenvalue weighted by molar-refractivity contribution is -0.117. The molecule has 0 saturated heterocycles. The summed E-state index contributed by atoms with van der Waals surface area (Å²) in [6.07, 6.45) is 1.93. The second-order valence-corrected chi connectivity index (χ2v) is 6.12. The molecule has 1 amide bonds. The maximum Gasteiger partial charge on any atom is 0.246 e. The van der Waals surface area contributed by atoms with E-state index in [1.54, 1.807) is 6.07 Å². The maximum atomic E-state index is 13.9. The number of rotatable bonds is 3. The van der Waals surface area contributed by atoms with E-state index >= 15 is 0 Å². The quantitative estimate of drug-likeness (QED) is 0.932. The Morgan fingerprint density at radius 3 is 2.87 bits per heavy atom. The Bertz CT molecular complexity index is 729. The van der Waals surface area contributed by atoms with E-state index in [9.17, 15) is 9.18 Å². The average molecular weight is 312 g/mol. The van der Waals surface area contributed by atoms with Gasteiger partial charge in [-0.25, -0.2) is 4.39 Å². The molecular weight excluding hydrogens is 291 g/mol. The summed E-state index contributed by atoms with van der Waals surface area (Å²) in [6.45, 7) is 3.98. The minimum absolute atomic E-state index is 0.0374. The van der Waals surface area contributed by atoms with E-state index in [1.165, 1.54) is 11.6 Å². The van der Waals surface area contributed by atoms with E-state index in [1.807, 2.05) is 36.1 Å². The molecule has 1 heterocycles. The summed E-state index contributed by atoms with van der Waals surface area (Å²) in [5, 5.41) is 2.92. The molecular formula is C19H21FN2O. The number of aryl methyl sites for hydroxylation is 2. The summed E-state index contributed by atoms with van der Waals surface area (Å²) in [4.78, 5) is 14.5. The van der Waals surface area contributed by atoms with Crippen LogP contribution in [0.1, 0.15) is 24.5 Å². The highest BCUT2D eigenvalue weighted by Crippen LogP contribution is 2.30. The molecule has 23 heavy (non-hydrogen) atoms. The molecule has 3 nitrogen and oxygen atoms in total. The Hall–Kier alpha value is -2.36. The van der Waals surface area contributed by atoms with Crippen LogP contribution in [0.3, 0.4) is 0 Å². The number of nitrogens with zero attached hydrogens (tertiary/aromatic N) is 1. The molecule has 1 aliphatic heterocycles. The van der Waals surface area contributed by atoms with E-state index in [4.69, 9.17) is 0 Å². The van der Waals surface area contributed by atoms with Crippen LogP contribution in [-0.2, 0) is 11.2 Å². The van der Waals surface area contributed by atoms with Gasteiger partial charge in [0.1, 0.15) is 5.82 Å². The molecule has 0 saturated carbocycles. The summed E-state index contributed by atoms with van der Waals surface area (Å²) in [6, 6.07) is 13.1. The van der Waals surface area contributed by atoms with Crippen molar-refractivity contribution in [1.82, 2.24) is 0 Å². The van der Waals surface area contributed by atoms with Gasteiger partial charge in [-0.15, -0.1) is 0 Å². The van der Waals surface area contributed by atoms with Crippen LogP contribution in [0.2, 0.25) is 0 Å². The molecule has 3 rings (SSSR count). The van der Waals surface area contributed by atoms with Crippen molar-refractivity contribution in [2.24, 2.45) is 0 Å². The molecule has 1 N–H and O–H groups in total. The van der Waals surface area contributed by atoms with Gasteiger partial charge in [0.05, 0.1) is 12.2 Å². The number of hydrogen-bond acceptors (Lipinski definition) is 2. The van der Waals surface area contributed by atoms with Gasteiger partial charge in [0.2, 0.25) is 5.91 Å². The number of carbonyl (C=O) groups is 1. The van der Waals surface area contributed by atoms with Gasteiger partial charge in [-0.2, -0.15) is 0 Å². The zero-order valence-electron chi connectivity index (χ0n) is 13.5. The van der Waals surface area contributed by atoms with Crippen molar-refractivity contribution in [1.29, 1.82) is 0 Å². The minimum atomic E-state index is -0.329. The Kier molecular flexibility index (Phi) is 4.33. The predicted octanol–water partition coefficient (Wildman–Crippen LogP) is 3.91. The molecule has 2 aromatic rings. The van der Waals surface area contributed by atoms with Crippen LogP contribution in [0, 0.1) is 12.7 Å². The van der Waals surface area contributed by atoms with Crippen molar-refractivity contribution in [3.63, 3.8) is 0 Å². The predicted molar refractivity (Wildman–Crippen MR) is 91.3 cm³/mol. The van der Waals surface area contributed by atoms with Crippen molar-refractivity contribution in [3.8, 4) is 0 Å². The fourth-order valence-corrected chi connectivity index (χ4v) is 3.09. The number of para-hydroxylation sites is 1.